The van der Waals surface area contributed by atoms with Crippen molar-refractivity contribution >= 4 is 31.2 Å². The number of aromatic nitrogens is 4. The SMILES string of the molecule is COc1ccc(C(OC[C@@](CO)(CO[Si](C(C)C)(C(C)C)C(C)C)O[C@H](CO)n2cnc3c(NC(=O)c4ccccc4)ncnc32)(c2ccccc2)c2ccc(OC)cc2)cc1. The maximum atomic E-state index is 13.2. The van der Waals surface area contributed by atoms with Gasteiger partial charge in [-0.3, -0.25) is 9.36 Å². The van der Waals surface area contributed by atoms with Crippen LogP contribution in [0.3, 0.4) is 0 Å². The average Bonchev–Trinajstić information content (AvgIpc) is 3.74. The van der Waals surface area contributed by atoms with Gasteiger partial charge in [-0.25, -0.2) is 15.0 Å². The number of aliphatic hydroxyl groups excluding tert-OH is 2. The molecule has 1 amide bonds. The lowest BCUT2D eigenvalue weighted by atomic mass is 9.79. The zero-order valence-electron chi connectivity index (χ0n) is 36.8. The van der Waals surface area contributed by atoms with E-state index in [1.54, 1.807) is 43.1 Å². The number of hydrogen-bond donors (Lipinski definition) is 3. The van der Waals surface area contributed by atoms with Gasteiger partial charge in [-0.05, 0) is 69.7 Å². The van der Waals surface area contributed by atoms with Gasteiger partial charge in [0.2, 0.25) is 0 Å². The molecule has 0 saturated carbocycles. The fourth-order valence-corrected chi connectivity index (χ4v) is 14.2. The number of carbonyl (C=O) groups is 1. The van der Waals surface area contributed by atoms with Crippen molar-refractivity contribution in [2.45, 2.75) is 75.6 Å². The van der Waals surface area contributed by atoms with Gasteiger partial charge < -0.3 is 38.9 Å². The molecular weight excluding hydrogens is 803 g/mol. The van der Waals surface area contributed by atoms with Crippen molar-refractivity contribution in [2.75, 3.05) is 46.0 Å². The minimum Gasteiger partial charge on any atom is -0.497 e. The van der Waals surface area contributed by atoms with Gasteiger partial charge in [-0.2, -0.15) is 0 Å². The Labute approximate surface area is 365 Å². The fourth-order valence-electron chi connectivity index (χ4n) is 8.70. The Morgan fingerprint density at radius 3 is 1.74 bits per heavy atom. The van der Waals surface area contributed by atoms with E-state index in [2.05, 4.69) is 61.8 Å². The summed E-state index contributed by atoms with van der Waals surface area (Å²) in [7, 11) is 0.661. The summed E-state index contributed by atoms with van der Waals surface area (Å²) in [5, 5.41) is 25.8. The molecule has 0 fully saturated rings. The largest absolute Gasteiger partial charge is 0.497 e. The van der Waals surface area contributed by atoms with Crippen molar-refractivity contribution in [3.05, 3.63) is 144 Å². The van der Waals surface area contributed by atoms with E-state index >= 15 is 0 Å². The Morgan fingerprint density at radius 1 is 0.710 bits per heavy atom. The minimum absolute atomic E-state index is 0.0587. The molecule has 0 radical (unpaired) electrons. The molecule has 4 aromatic carbocycles. The van der Waals surface area contributed by atoms with Crippen LogP contribution >= 0.6 is 0 Å². The molecule has 0 spiro atoms. The molecule has 2 heterocycles. The first-order valence-electron chi connectivity index (χ1n) is 20.9. The van der Waals surface area contributed by atoms with Gasteiger partial charge in [0.25, 0.3) is 5.91 Å². The normalized spacial score (nSPS) is 13.7. The summed E-state index contributed by atoms with van der Waals surface area (Å²) in [5.74, 6) is 1.17. The molecule has 0 bridgehead atoms. The molecule has 0 aliphatic rings. The standard InChI is InChI=1S/C48H59N5O8Si/c1-33(2)62(34(3)4,35(5)6)60-30-47(28-55,61-42(27-54)53-32-51-43-44(49-31-50-45(43)53)52-46(56)36-15-11-9-12-16-36)29-59-48(37-17-13-10-14-18-37,38-19-23-40(57-7)24-20-38)39-21-25-41(58-8)26-22-39/h9-26,31-35,42,54-55H,27-30H2,1-8H3,(H,49,50,52,56)/t42-,47+/m1/s1. The van der Waals surface area contributed by atoms with Crippen LogP contribution in [-0.2, 0) is 19.5 Å². The molecule has 0 aliphatic carbocycles. The number of fused-ring (bicyclic) bond motifs is 1. The highest BCUT2D eigenvalue weighted by molar-refractivity contribution is 6.77. The first-order valence-corrected chi connectivity index (χ1v) is 23.1. The van der Waals surface area contributed by atoms with E-state index < -0.39 is 39.0 Å². The van der Waals surface area contributed by atoms with Gasteiger partial charge in [0.05, 0.1) is 47.0 Å². The van der Waals surface area contributed by atoms with Crippen LogP contribution in [0.5, 0.6) is 11.5 Å². The molecule has 14 heteroatoms. The molecule has 13 nitrogen and oxygen atoms in total. The fraction of sp³-hybridized carbons (Fsp3) is 0.375. The number of benzene rings is 4. The lowest BCUT2D eigenvalue weighted by Crippen LogP contribution is -2.56. The number of rotatable bonds is 21. The second-order valence-corrected chi connectivity index (χ2v) is 21.8. The van der Waals surface area contributed by atoms with Gasteiger partial charge in [-0.1, -0.05) is 114 Å². The van der Waals surface area contributed by atoms with Gasteiger partial charge >= 0.3 is 0 Å². The van der Waals surface area contributed by atoms with E-state index in [1.165, 1.54) is 12.7 Å². The van der Waals surface area contributed by atoms with Crippen molar-refractivity contribution in [1.29, 1.82) is 0 Å². The first kappa shape index (κ1) is 46.0. The van der Waals surface area contributed by atoms with Gasteiger partial charge in [0.1, 0.15) is 29.0 Å². The Kier molecular flexibility index (Phi) is 15.0. The highest BCUT2D eigenvalue weighted by atomic mass is 28.4. The number of nitrogens with one attached hydrogen (secondary N) is 1. The van der Waals surface area contributed by atoms with Gasteiger partial charge in [-0.15, -0.1) is 0 Å². The number of nitrogens with zero attached hydrogens (tertiary/aromatic N) is 4. The van der Waals surface area contributed by atoms with E-state index in [0.29, 0.717) is 22.7 Å². The Hall–Kier alpha value is -5.48. The van der Waals surface area contributed by atoms with E-state index in [9.17, 15) is 15.0 Å². The topological polar surface area (TPSA) is 159 Å². The number of carbonyl (C=O) groups excluding carboxylic acids is 1. The van der Waals surface area contributed by atoms with Crippen LogP contribution in [0.4, 0.5) is 5.82 Å². The van der Waals surface area contributed by atoms with Crippen LogP contribution in [0.25, 0.3) is 11.2 Å². The molecule has 6 rings (SSSR count). The van der Waals surface area contributed by atoms with Crippen molar-refractivity contribution in [3.8, 4) is 11.5 Å². The molecule has 3 N–H and O–H groups in total. The third kappa shape index (κ3) is 9.31. The monoisotopic (exact) mass is 861 g/mol. The van der Waals surface area contributed by atoms with Crippen molar-refractivity contribution in [2.24, 2.45) is 0 Å². The maximum absolute atomic E-state index is 13.2. The Bertz CT molecular complexity index is 2270. The van der Waals surface area contributed by atoms with E-state index in [4.69, 9.17) is 23.4 Å². The molecule has 328 valence electrons. The molecule has 0 aliphatic heterocycles. The highest BCUT2D eigenvalue weighted by Gasteiger charge is 2.49. The Morgan fingerprint density at radius 2 is 1.24 bits per heavy atom. The number of amides is 1. The van der Waals surface area contributed by atoms with Crippen molar-refractivity contribution in [1.82, 2.24) is 19.5 Å². The Balaban J connectivity index is 1.48. The second-order valence-electron chi connectivity index (χ2n) is 16.4. The number of hydrogen-bond acceptors (Lipinski definition) is 11. The number of methoxy groups -OCH3 is 2. The van der Waals surface area contributed by atoms with E-state index in [1.807, 2.05) is 84.9 Å². The molecule has 0 unspecified atom stereocenters. The molecule has 0 saturated heterocycles. The zero-order valence-corrected chi connectivity index (χ0v) is 37.8. The van der Waals surface area contributed by atoms with Crippen LogP contribution in [0.1, 0.15) is 74.8 Å². The zero-order chi connectivity index (χ0) is 44.5. The number of aliphatic hydroxyl groups is 2. The lowest BCUT2D eigenvalue weighted by molar-refractivity contribution is -0.210. The van der Waals surface area contributed by atoms with Crippen LogP contribution in [0.15, 0.2) is 122 Å². The molecule has 6 aromatic rings. The minimum atomic E-state index is -2.58. The summed E-state index contributed by atoms with van der Waals surface area (Å²) in [6, 6.07) is 34.0. The predicted octanol–water partition coefficient (Wildman–Crippen LogP) is 8.54. The highest BCUT2D eigenvalue weighted by Crippen LogP contribution is 2.45. The molecule has 2 aromatic heterocycles. The van der Waals surface area contributed by atoms with Gasteiger partial charge in [0, 0.05) is 5.56 Å². The van der Waals surface area contributed by atoms with E-state index in [0.717, 1.165) is 16.7 Å². The van der Waals surface area contributed by atoms with Crippen molar-refractivity contribution in [3.63, 3.8) is 0 Å². The number of anilines is 1. The lowest BCUT2D eigenvalue weighted by Gasteiger charge is -2.46. The van der Waals surface area contributed by atoms with Gasteiger partial charge in [0.15, 0.2) is 31.5 Å². The predicted molar refractivity (Wildman–Crippen MR) is 242 cm³/mol. The summed E-state index contributed by atoms with van der Waals surface area (Å²) in [6.45, 7) is 11.8. The summed E-state index contributed by atoms with van der Waals surface area (Å²) in [5.41, 5.74) is 1.24. The van der Waals surface area contributed by atoms with Crippen molar-refractivity contribution < 1.29 is 38.4 Å². The van der Waals surface area contributed by atoms with Crippen LogP contribution < -0.4 is 14.8 Å². The smallest absolute Gasteiger partial charge is 0.256 e. The third-order valence-corrected chi connectivity index (χ3v) is 17.8. The quantitative estimate of drug-likeness (QED) is 0.0470. The number of ether oxygens (including phenoxy) is 4. The second kappa shape index (κ2) is 20.1. The third-order valence-electron chi connectivity index (χ3n) is 11.8. The first-order chi connectivity index (χ1) is 29.9. The maximum Gasteiger partial charge on any atom is 0.256 e. The molecule has 2 atom stereocenters. The van der Waals surface area contributed by atoms with Crippen LogP contribution in [0, 0.1) is 0 Å². The number of imidazole rings is 1. The average molecular weight is 862 g/mol. The summed E-state index contributed by atoms with van der Waals surface area (Å²) in [4.78, 5) is 26.6. The summed E-state index contributed by atoms with van der Waals surface area (Å²) >= 11 is 0. The summed E-state index contributed by atoms with van der Waals surface area (Å²) in [6.07, 6.45) is 1.64. The molecular formula is C48H59N5O8Si. The van der Waals surface area contributed by atoms with Crippen LogP contribution in [-0.4, -0.2) is 90.2 Å². The summed E-state index contributed by atoms with van der Waals surface area (Å²) < 4.78 is 34.3. The van der Waals surface area contributed by atoms with Crippen LogP contribution in [0.2, 0.25) is 16.6 Å². The van der Waals surface area contributed by atoms with E-state index in [-0.39, 0.29) is 47.1 Å². The molecule has 62 heavy (non-hydrogen) atoms.